The standard InChI is InChI=1S/C18H26N4O3/c1-13(2)16-11-15(20-25-16)18(23)22-7-4-5-14(12-22)17-19-6-8-21(17)9-10-24-3/h6,8,11,13-14H,4-5,7,9-10,12H2,1-3H3. The summed E-state index contributed by atoms with van der Waals surface area (Å²) in [5.41, 5.74) is 0.395. The quantitative estimate of drug-likeness (QED) is 0.804. The van der Waals surface area contributed by atoms with Gasteiger partial charge in [0.15, 0.2) is 5.69 Å². The van der Waals surface area contributed by atoms with E-state index in [-0.39, 0.29) is 17.7 Å². The lowest BCUT2D eigenvalue weighted by Gasteiger charge is -2.32. The van der Waals surface area contributed by atoms with Crippen LogP contribution in [-0.4, -0.2) is 52.3 Å². The number of nitrogens with zero attached hydrogens (tertiary/aromatic N) is 4. The topological polar surface area (TPSA) is 73.4 Å². The molecule has 1 fully saturated rings. The summed E-state index contributed by atoms with van der Waals surface area (Å²) in [6.07, 6.45) is 5.78. The molecule has 1 aliphatic rings. The van der Waals surface area contributed by atoms with Crippen LogP contribution in [0.5, 0.6) is 0 Å². The minimum absolute atomic E-state index is 0.0599. The second kappa shape index (κ2) is 7.82. The average molecular weight is 346 g/mol. The van der Waals surface area contributed by atoms with Gasteiger partial charge in [-0.1, -0.05) is 19.0 Å². The first-order valence-corrected chi connectivity index (χ1v) is 8.86. The number of aromatic nitrogens is 3. The summed E-state index contributed by atoms with van der Waals surface area (Å²) in [6, 6.07) is 1.76. The number of ether oxygens (including phenoxy) is 1. The lowest BCUT2D eigenvalue weighted by molar-refractivity contribution is 0.0692. The van der Waals surface area contributed by atoms with Gasteiger partial charge in [-0.05, 0) is 12.8 Å². The molecular weight excluding hydrogens is 320 g/mol. The van der Waals surface area contributed by atoms with Gasteiger partial charge in [-0.15, -0.1) is 0 Å². The summed E-state index contributed by atoms with van der Waals surface area (Å²) >= 11 is 0. The molecule has 1 aliphatic heterocycles. The molecule has 1 amide bonds. The van der Waals surface area contributed by atoms with E-state index in [0.29, 0.717) is 18.8 Å². The first-order valence-electron chi connectivity index (χ1n) is 8.86. The van der Waals surface area contributed by atoms with Gasteiger partial charge in [0.2, 0.25) is 0 Å². The largest absolute Gasteiger partial charge is 0.383 e. The van der Waals surface area contributed by atoms with E-state index in [4.69, 9.17) is 9.26 Å². The number of imidazole rings is 1. The van der Waals surface area contributed by atoms with Crippen molar-refractivity contribution in [3.8, 4) is 0 Å². The summed E-state index contributed by atoms with van der Waals surface area (Å²) in [4.78, 5) is 19.2. The number of piperidine rings is 1. The van der Waals surface area contributed by atoms with Gasteiger partial charge >= 0.3 is 0 Å². The molecule has 136 valence electrons. The Kier molecular flexibility index (Phi) is 5.53. The molecule has 0 aromatic carbocycles. The Morgan fingerprint density at radius 3 is 3.04 bits per heavy atom. The third-order valence-corrected chi connectivity index (χ3v) is 4.67. The lowest BCUT2D eigenvalue weighted by Crippen LogP contribution is -2.40. The van der Waals surface area contributed by atoms with E-state index in [1.54, 1.807) is 13.2 Å². The number of likely N-dealkylation sites (tertiary alicyclic amines) is 1. The van der Waals surface area contributed by atoms with Gasteiger partial charge in [0.05, 0.1) is 6.61 Å². The minimum atomic E-state index is -0.0599. The van der Waals surface area contributed by atoms with E-state index >= 15 is 0 Å². The van der Waals surface area contributed by atoms with Crippen LogP contribution in [0.1, 0.15) is 60.6 Å². The number of amides is 1. The first kappa shape index (κ1) is 17.7. The first-order chi connectivity index (χ1) is 12.1. The summed E-state index contributed by atoms with van der Waals surface area (Å²) in [7, 11) is 1.70. The third kappa shape index (κ3) is 3.92. The molecule has 0 N–H and O–H groups in total. The molecule has 0 radical (unpaired) electrons. The fraction of sp³-hybridized carbons (Fsp3) is 0.611. The molecule has 2 aromatic rings. The zero-order valence-electron chi connectivity index (χ0n) is 15.1. The summed E-state index contributed by atoms with van der Waals surface area (Å²) in [5.74, 6) is 2.16. The predicted molar refractivity (Wildman–Crippen MR) is 92.6 cm³/mol. The maximum Gasteiger partial charge on any atom is 0.276 e. The Morgan fingerprint density at radius 1 is 1.48 bits per heavy atom. The number of hydrogen-bond donors (Lipinski definition) is 0. The molecule has 1 unspecified atom stereocenters. The Balaban J connectivity index is 1.70. The molecule has 3 rings (SSSR count). The Hall–Kier alpha value is -2.15. The second-order valence-electron chi connectivity index (χ2n) is 6.83. The van der Waals surface area contributed by atoms with Crippen molar-refractivity contribution in [1.29, 1.82) is 0 Å². The maximum absolute atomic E-state index is 12.8. The Labute approximate surface area is 148 Å². The molecule has 3 heterocycles. The van der Waals surface area contributed by atoms with Crippen molar-refractivity contribution in [2.45, 2.75) is 45.1 Å². The van der Waals surface area contributed by atoms with Crippen LogP contribution in [0.15, 0.2) is 23.0 Å². The van der Waals surface area contributed by atoms with Gasteiger partial charge in [-0.25, -0.2) is 4.98 Å². The molecule has 1 saturated heterocycles. The molecule has 0 spiro atoms. The van der Waals surface area contributed by atoms with Crippen LogP contribution in [0.25, 0.3) is 0 Å². The van der Waals surface area contributed by atoms with Crippen molar-refractivity contribution < 1.29 is 14.1 Å². The number of carbonyl (C=O) groups is 1. The van der Waals surface area contributed by atoms with Crippen LogP contribution < -0.4 is 0 Å². The highest BCUT2D eigenvalue weighted by molar-refractivity contribution is 5.92. The van der Waals surface area contributed by atoms with Crippen molar-refractivity contribution in [2.75, 3.05) is 26.8 Å². The van der Waals surface area contributed by atoms with Gasteiger partial charge in [0.1, 0.15) is 11.6 Å². The van der Waals surface area contributed by atoms with Gasteiger partial charge < -0.3 is 18.7 Å². The maximum atomic E-state index is 12.8. The summed E-state index contributed by atoms with van der Waals surface area (Å²) in [6.45, 7) is 6.87. The van der Waals surface area contributed by atoms with Gasteiger partial charge in [0.25, 0.3) is 5.91 Å². The van der Waals surface area contributed by atoms with Crippen LogP contribution in [0.4, 0.5) is 0 Å². The highest BCUT2D eigenvalue weighted by Crippen LogP contribution is 2.27. The molecule has 0 aliphatic carbocycles. The van der Waals surface area contributed by atoms with E-state index < -0.39 is 0 Å². The predicted octanol–water partition coefficient (Wildman–Crippen LogP) is 2.66. The lowest BCUT2D eigenvalue weighted by atomic mass is 9.96. The molecule has 1 atom stereocenters. The average Bonchev–Trinajstić information content (AvgIpc) is 3.28. The third-order valence-electron chi connectivity index (χ3n) is 4.67. The van der Waals surface area contributed by atoms with Crippen LogP contribution in [0.2, 0.25) is 0 Å². The van der Waals surface area contributed by atoms with Crippen molar-refractivity contribution in [3.63, 3.8) is 0 Å². The van der Waals surface area contributed by atoms with Gasteiger partial charge in [0, 0.05) is 57.0 Å². The van der Waals surface area contributed by atoms with Crippen molar-refractivity contribution >= 4 is 5.91 Å². The zero-order valence-corrected chi connectivity index (χ0v) is 15.1. The van der Waals surface area contributed by atoms with Crippen molar-refractivity contribution in [1.82, 2.24) is 19.6 Å². The van der Waals surface area contributed by atoms with Crippen LogP contribution >= 0.6 is 0 Å². The van der Waals surface area contributed by atoms with E-state index in [1.807, 2.05) is 31.1 Å². The smallest absolute Gasteiger partial charge is 0.276 e. The summed E-state index contributed by atoms with van der Waals surface area (Å²) in [5, 5.41) is 3.95. The van der Waals surface area contributed by atoms with E-state index in [1.165, 1.54) is 0 Å². The zero-order chi connectivity index (χ0) is 17.8. The normalized spacial score (nSPS) is 18.1. The summed E-state index contributed by atoms with van der Waals surface area (Å²) < 4.78 is 12.6. The highest BCUT2D eigenvalue weighted by atomic mass is 16.5. The number of carbonyl (C=O) groups excluding carboxylic acids is 1. The molecular formula is C18H26N4O3. The second-order valence-corrected chi connectivity index (χ2v) is 6.83. The van der Waals surface area contributed by atoms with E-state index in [9.17, 15) is 4.79 Å². The van der Waals surface area contributed by atoms with Gasteiger partial charge in [-0.2, -0.15) is 0 Å². The molecule has 0 bridgehead atoms. The van der Waals surface area contributed by atoms with Crippen molar-refractivity contribution in [3.05, 3.63) is 35.7 Å². The molecule has 2 aromatic heterocycles. The molecule has 7 heteroatoms. The fourth-order valence-corrected chi connectivity index (χ4v) is 3.26. The highest BCUT2D eigenvalue weighted by Gasteiger charge is 2.29. The van der Waals surface area contributed by atoms with E-state index in [2.05, 4.69) is 14.7 Å². The van der Waals surface area contributed by atoms with Crippen molar-refractivity contribution in [2.24, 2.45) is 0 Å². The fourth-order valence-electron chi connectivity index (χ4n) is 3.26. The van der Waals surface area contributed by atoms with E-state index in [0.717, 1.165) is 37.5 Å². The molecule has 0 saturated carbocycles. The number of hydrogen-bond acceptors (Lipinski definition) is 5. The number of methoxy groups -OCH3 is 1. The monoisotopic (exact) mass is 346 g/mol. The Morgan fingerprint density at radius 2 is 2.32 bits per heavy atom. The van der Waals surface area contributed by atoms with Gasteiger partial charge in [-0.3, -0.25) is 4.79 Å². The van der Waals surface area contributed by atoms with Crippen LogP contribution in [0, 0.1) is 0 Å². The minimum Gasteiger partial charge on any atom is -0.383 e. The SMILES string of the molecule is COCCn1ccnc1C1CCCN(C(=O)c2cc(C(C)C)on2)C1. The van der Waals surface area contributed by atoms with Crippen LogP contribution in [-0.2, 0) is 11.3 Å². The number of rotatable bonds is 6. The Bertz CT molecular complexity index is 707. The van der Waals surface area contributed by atoms with Crippen LogP contribution in [0.3, 0.4) is 0 Å². The molecule has 25 heavy (non-hydrogen) atoms. The molecule has 7 nitrogen and oxygen atoms in total.